The van der Waals surface area contributed by atoms with Crippen molar-refractivity contribution >= 4 is 49.8 Å². The zero-order valence-corrected chi connectivity index (χ0v) is 30.7. The summed E-state index contributed by atoms with van der Waals surface area (Å²) >= 11 is 6.84. The molecule has 2 heterocycles. The van der Waals surface area contributed by atoms with Gasteiger partial charge in [-0.2, -0.15) is 0 Å². The summed E-state index contributed by atoms with van der Waals surface area (Å²) in [6, 6.07) is 16.8. The summed E-state index contributed by atoms with van der Waals surface area (Å²) in [6.45, 7) is 15.2. The number of ether oxygens (including phenoxy) is 2. The SMILES string of the molecule is CC(C)(C)OC(=O)N1CCC(=O)CC1.CC(C)(C)OC(=O)N1CCC(NCc2cccc(Br)c2)CC1.NCc1cccc(Br)c1. The predicted octanol–water partition coefficient (Wildman–Crippen LogP) is 7.43. The number of piperidine rings is 2. The molecule has 0 aromatic heterocycles. The van der Waals surface area contributed by atoms with Crippen LogP contribution in [0.3, 0.4) is 0 Å². The normalized spacial score (nSPS) is 15.7. The van der Waals surface area contributed by atoms with Crippen molar-refractivity contribution in [3.63, 3.8) is 0 Å². The van der Waals surface area contributed by atoms with Gasteiger partial charge in [-0.05, 0) is 89.8 Å². The second-order valence-electron chi connectivity index (χ2n) is 13.1. The van der Waals surface area contributed by atoms with Gasteiger partial charge in [0, 0.05) is 67.1 Å². The van der Waals surface area contributed by atoms with Crippen LogP contribution in [0.2, 0.25) is 0 Å². The monoisotopic (exact) mass is 752 g/mol. The van der Waals surface area contributed by atoms with Crippen LogP contribution in [0, 0.1) is 0 Å². The molecular formula is C34H50Br2N4O5. The van der Waals surface area contributed by atoms with E-state index >= 15 is 0 Å². The molecule has 2 fully saturated rings. The molecule has 3 N–H and O–H groups in total. The highest BCUT2D eigenvalue weighted by molar-refractivity contribution is 9.10. The van der Waals surface area contributed by atoms with Gasteiger partial charge in [-0.25, -0.2) is 9.59 Å². The summed E-state index contributed by atoms with van der Waals surface area (Å²) in [5.74, 6) is 0.227. The Balaban J connectivity index is 0.000000261. The second kappa shape index (κ2) is 18.6. The molecule has 0 atom stereocenters. The zero-order valence-electron chi connectivity index (χ0n) is 27.5. The molecule has 0 spiro atoms. The molecule has 0 saturated carbocycles. The average molecular weight is 755 g/mol. The van der Waals surface area contributed by atoms with Gasteiger partial charge in [-0.1, -0.05) is 56.1 Å². The topological polar surface area (TPSA) is 114 Å². The van der Waals surface area contributed by atoms with E-state index in [2.05, 4.69) is 49.3 Å². The molecule has 2 aliphatic heterocycles. The Morgan fingerprint density at radius 2 is 1.24 bits per heavy atom. The van der Waals surface area contributed by atoms with E-state index in [9.17, 15) is 14.4 Å². The molecule has 2 aromatic rings. The molecule has 4 rings (SSSR count). The van der Waals surface area contributed by atoms with Gasteiger partial charge in [-0.3, -0.25) is 4.79 Å². The van der Waals surface area contributed by atoms with Crippen LogP contribution in [-0.2, 0) is 27.4 Å². The van der Waals surface area contributed by atoms with Crippen molar-refractivity contribution < 1.29 is 23.9 Å². The van der Waals surface area contributed by atoms with E-state index in [1.165, 1.54) is 5.56 Å². The van der Waals surface area contributed by atoms with Crippen LogP contribution >= 0.6 is 31.9 Å². The molecule has 0 aliphatic carbocycles. The van der Waals surface area contributed by atoms with Crippen LogP contribution in [0.1, 0.15) is 78.4 Å². The van der Waals surface area contributed by atoms with Crippen LogP contribution < -0.4 is 11.1 Å². The Labute approximate surface area is 285 Å². The third-order valence-corrected chi connectivity index (χ3v) is 7.71. The Morgan fingerprint density at radius 3 is 1.67 bits per heavy atom. The minimum Gasteiger partial charge on any atom is -0.444 e. The first kappa shape index (κ1) is 38.7. The van der Waals surface area contributed by atoms with Gasteiger partial charge in [0.1, 0.15) is 17.0 Å². The Morgan fingerprint density at radius 1 is 0.800 bits per heavy atom. The van der Waals surface area contributed by atoms with E-state index in [0.29, 0.717) is 38.5 Å². The van der Waals surface area contributed by atoms with Crippen molar-refractivity contribution in [3.05, 3.63) is 68.6 Å². The molecule has 9 nitrogen and oxygen atoms in total. The van der Waals surface area contributed by atoms with E-state index in [1.54, 1.807) is 4.90 Å². The summed E-state index contributed by atoms with van der Waals surface area (Å²) in [4.78, 5) is 37.9. The molecule has 11 heteroatoms. The van der Waals surface area contributed by atoms with E-state index < -0.39 is 11.2 Å². The van der Waals surface area contributed by atoms with E-state index in [4.69, 9.17) is 15.2 Å². The van der Waals surface area contributed by atoms with Crippen LogP contribution in [-0.4, -0.2) is 71.2 Å². The van der Waals surface area contributed by atoms with Gasteiger partial charge in [0.15, 0.2) is 0 Å². The summed E-state index contributed by atoms with van der Waals surface area (Å²) < 4.78 is 12.8. The van der Waals surface area contributed by atoms with Gasteiger partial charge >= 0.3 is 12.2 Å². The van der Waals surface area contributed by atoms with Gasteiger partial charge < -0.3 is 30.3 Å². The molecule has 0 bridgehead atoms. The third kappa shape index (κ3) is 16.6. The maximum absolute atomic E-state index is 12.0. The number of hydrogen-bond donors (Lipinski definition) is 2. The maximum Gasteiger partial charge on any atom is 0.410 e. The van der Waals surface area contributed by atoms with Crippen LogP contribution in [0.15, 0.2) is 57.5 Å². The highest BCUT2D eigenvalue weighted by atomic mass is 79.9. The molecular weight excluding hydrogens is 704 g/mol. The number of halogens is 2. The Bertz CT molecular complexity index is 1230. The fourth-order valence-corrected chi connectivity index (χ4v) is 5.32. The highest BCUT2D eigenvalue weighted by Gasteiger charge is 2.27. The number of hydrogen-bond acceptors (Lipinski definition) is 7. The van der Waals surface area contributed by atoms with E-state index in [1.807, 2.05) is 82.8 Å². The minimum absolute atomic E-state index is 0.196. The van der Waals surface area contributed by atoms with Gasteiger partial charge in [0.05, 0.1) is 0 Å². The van der Waals surface area contributed by atoms with Gasteiger partial charge in [0.2, 0.25) is 0 Å². The number of Topliss-reactive ketones (excluding diaryl/α,β-unsaturated/α-hetero) is 1. The van der Waals surface area contributed by atoms with Crippen LogP contribution in [0.25, 0.3) is 0 Å². The summed E-state index contributed by atoms with van der Waals surface area (Å²) in [7, 11) is 0. The van der Waals surface area contributed by atoms with Crippen molar-refractivity contribution in [1.82, 2.24) is 15.1 Å². The van der Waals surface area contributed by atoms with Crippen molar-refractivity contribution in [1.29, 1.82) is 0 Å². The third-order valence-electron chi connectivity index (χ3n) is 6.73. The number of nitrogens with one attached hydrogen (secondary N) is 1. The average Bonchev–Trinajstić information content (AvgIpc) is 2.96. The lowest BCUT2D eigenvalue weighted by Gasteiger charge is -2.33. The second-order valence-corrected chi connectivity index (χ2v) is 14.9. The highest BCUT2D eigenvalue weighted by Crippen LogP contribution is 2.17. The number of rotatable bonds is 4. The Hall–Kier alpha value is -2.47. The van der Waals surface area contributed by atoms with Crippen molar-refractivity contribution in [2.75, 3.05) is 26.2 Å². The maximum atomic E-state index is 12.0. The number of carbonyl (C=O) groups is 3. The van der Waals surface area contributed by atoms with Crippen LogP contribution in [0.5, 0.6) is 0 Å². The van der Waals surface area contributed by atoms with E-state index in [-0.39, 0.29) is 18.0 Å². The molecule has 2 aliphatic rings. The van der Waals surface area contributed by atoms with E-state index in [0.717, 1.165) is 47.0 Å². The number of likely N-dealkylation sites (tertiary alicyclic amines) is 2. The zero-order chi connectivity index (χ0) is 33.6. The molecule has 2 amide bonds. The summed E-state index contributed by atoms with van der Waals surface area (Å²) in [5, 5.41) is 3.57. The quantitative estimate of drug-likeness (QED) is 0.334. The molecule has 250 valence electrons. The molecule has 2 aromatic carbocycles. The van der Waals surface area contributed by atoms with Crippen molar-refractivity contribution in [3.8, 4) is 0 Å². The molecule has 45 heavy (non-hydrogen) atoms. The first-order chi connectivity index (χ1) is 21.0. The lowest BCUT2D eigenvalue weighted by Crippen LogP contribution is -2.46. The standard InChI is InChI=1S/C17H25BrN2O2.C10H17NO3.C7H8BrN/c1-17(2,3)22-16(21)20-9-7-15(8-10-20)19-12-13-5-4-6-14(18)11-13;1-10(2,3)14-9(13)11-6-4-8(12)5-7-11;8-7-3-1-2-6(4-7)5-9/h4-6,11,15,19H,7-10,12H2,1-3H3;4-7H2,1-3H3;1-4H,5,9H2. The number of ketones is 1. The fourth-order valence-electron chi connectivity index (χ4n) is 4.43. The lowest BCUT2D eigenvalue weighted by molar-refractivity contribution is -0.121. The first-order valence-electron chi connectivity index (χ1n) is 15.4. The number of carbonyl (C=O) groups excluding carboxylic acids is 3. The number of amides is 2. The lowest BCUT2D eigenvalue weighted by atomic mass is 10.0. The largest absolute Gasteiger partial charge is 0.444 e. The summed E-state index contributed by atoms with van der Waals surface area (Å²) in [6.07, 6.45) is 2.34. The Kier molecular flexibility index (Phi) is 16.0. The molecule has 0 unspecified atom stereocenters. The van der Waals surface area contributed by atoms with Gasteiger partial charge in [0.25, 0.3) is 0 Å². The van der Waals surface area contributed by atoms with Crippen molar-refractivity contribution in [2.24, 2.45) is 5.73 Å². The van der Waals surface area contributed by atoms with Crippen LogP contribution in [0.4, 0.5) is 9.59 Å². The predicted molar refractivity (Wildman–Crippen MR) is 186 cm³/mol. The molecule has 0 radical (unpaired) electrons. The fraction of sp³-hybridized carbons (Fsp3) is 0.559. The number of nitrogens with two attached hydrogens (primary N) is 1. The first-order valence-corrected chi connectivity index (χ1v) is 17.0. The van der Waals surface area contributed by atoms with Crippen molar-refractivity contribution in [2.45, 2.75) is 97.6 Å². The minimum atomic E-state index is -0.460. The number of benzene rings is 2. The smallest absolute Gasteiger partial charge is 0.410 e. The number of nitrogens with zero attached hydrogens (tertiary/aromatic N) is 2. The molecule has 2 saturated heterocycles. The summed E-state index contributed by atoms with van der Waals surface area (Å²) in [5.41, 5.74) is 6.94. The van der Waals surface area contributed by atoms with Gasteiger partial charge in [-0.15, -0.1) is 0 Å².